The van der Waals surface area contributed by atoms with Crippen molar-refractivity contribution >= 4 is 40.6 Å². The van der Waals surface area contributed by atoms with Crippen LogP contribution in [0.3, 0.4) is 0 Å². The fourth-order valence-corrected chi connectivity index (χ4v) is 7.29. The number of nitrogens with zero attached hydrogens (tertiary/aromatic N) is 2. The SMILES string of the molecule is CC1CCN(CC(=O)Nc2ccc3c(c2O)C(=O)C2C(=O)[C@]4(O)C(=O)C(C(N)=O)C(=O)[C@@H](N(C)C)C4CC2C3)CC1. The number of hydrogen-bond donors (Lipinski definition) is 4. The van der Waals surface area contributed by atoms with E-state index in [2.05, 4.69) is 12.2 Å². The van der Waals surface area contributed by atoms with Gasteiger partial charge in [-0.05, 0) is 76.3 Å². The number of aromatic hydroxyl groups is 1. The number of primary amides is 1. The highest BCUT2D eigenvalue weighted by atomic mass is 16.3. The maximum Gasteiger partial charge on any atom is 0.238 e. The molecule has 41 heavy (non-hydrogen) atoms. The van der Waals surface area contributed by atoms with Crippen molar-refractivity contribution in [3.05, 3.63) is 23.3 Å². The summed E-state index contributed by atoms with van der Waals surface area (Å²) in [5.41, 5.74) is 2.89. The number of anilines is 1. The lowest BCUT2D eigenvalue weighted by atomic mass is 9.52. The van der Waals surface area contributed by atoms with Gasteiger partial charge in [-0.1, -0.05) is 13.0 Å². The van der Waals surface area contributed by atoms with Gasteiger partial charge in [-0.15, -0.1) is 0 Å². The summed E-state index contributed by atoms with van der Waals surface area (Å²) < 4.78 is 0. The van der Waals surface area contributed by atoms with Crippen molar-refractivity contribution in [2.45, 2.75) is 44.2 Å². The van der Waals surface area contributed by atoms with E-state index in [0.717, 1.165) is 25.9 Å². The van der Waals surface area contributed by atoms with E-state index < -0.39 is 70.1 Å². The largest absolute Gasteiger partial charge is 0.505 e. The van der Waals surface area contributed by atoms with Crippen molar-refractivity contribution in [2.75, 3.05) is 39.0 Å². The van der Waals surface area contributed by atoms with Gasteiger partial charge < -0.3 is 21.3 Å². The molecule has 12 nitrogen and oxygen atoms in total. The molecule has 0 bridgehead atoms. The first kappa shape index (κ1) is 29.0. The number of fused-ring (bicyclic) bond motifs is 3. The van der Waals surface area contributed by atoms with E-state index in [4.69, 9.17) is 5.73 Å². The van der Waals surface area contributed by atoms with Gasteiger partial charge in [0.1, 0.15) is 5.75 Å². The predicted molar refractivity (Wildman–Crippen MR) is 145 cm³/mol. The number of nitrogens with one attached hydrogen (secondary N) is 1. The number of phenolic OH excluding ortho intramolecular Hbond substituents is 1. The van der Waals surface area contributed by atoms with Crippen LogP contribution in [0.5, 0.6) is 5.75 Å². The molecule has 2 amide bonds. The molecule has 6 atom stereocenters. The minimum absolute atomic E-state index is 0.0163. The molecule has 3 fully saturated rings. The lowest BCUT2D eigenvalue weighted by Crippen LogP contribution is -2.74. The molecule has 1 aromatic carbocycles. The Labute approximate surface area is 237 Å². The highest BCUT2D eigenvalue weighted by Gasteiger charge is 2.69. The molecular formula is C29H36N4O8. The van der Waals surface area contributed by atoms with E-state index in [1.165, 1.54) is 25.1 Å². The molecule has 0 radical (unpaired) electrons. The number of rotatable bonds is 5. The molecule has 1 aromatic rings. The van der Waals surface area contributed by atoms with Gasteiger partial charge >= 0.3 is 0 Å². The van der Waals surface area contributed by atoms with Crippen molar-refractivity contribution in [1.29, 1.82) is 0 Å². The molecule has 5 N–H and O–H groups in total. The van der Waals surface area contributed by atoms with Crippen LogP contribution in [0.4, 0.5) is 5.69 Å². The summed E-state index contributed by atoms with van der Waals surface area (Å²) >= 11 is 0. The molecular weight excluding hydrogens is 532 g/mol. The maximum atomic E-state index is 13.9. The van der Waals surface area contributed by atoms with Crippen LogP contribution in [0.25, 0.3) is 0 Å². The van der Waals surface area contributed by atoms with Gasteiger partial charge in [-0.25, -0.2) is 0 Å². The number of carbonyl (C=O) groups is 6. The van der Waals surface area contributed by atoms with Gasteiger partial charge in [-0.2, -0.15) is 0 Å². The molecule has 5 rings (SSSR count). The number of amides is 2. The Morgan fingerprint density at radius 3 is 2.39 bits per heavy atom. The van der Waals surface area contributed by atoms with Crippen LogP contribution in [0.15, 0.2) is 12.1 Å². The maximum absolute atomic E-state index is 13.9. The number of phenols is 1. The molecule has 220 valence electrons. The van der Waals surface area contributed by atoms with Gasteiger partial charge in [0.05, 0.1) is 29.8 Å². The monoisotopic (exact) mass is 568 g/mol. The minimum atomic E-state index is -2.77. The van der Waals surface area contributed by atoms with Gasteiger partial charge in [0.2, 0.25) is 11.8 Å². The zero-order chi connectivity index (χ0) is 30.0. The lowest BCUT2D eigenvalue weighted by Gasteiger charge is -2.52. The quantitative estimate of drug-likeness (QED) is 0.267. The number of carbonyl (C=O) groups excluding carboxylic acids is 6. The zero-order valence-corrected chi connectivity index (χ0v) is 23.4. The minimum Gasteiger partial charge on any atom is -0.505 e. The topological polar surface area (TPSA) is 187 Å². The van der Waals surface area contributed by atoms with E-state index >= 15 is 0 Å². The Hall–Kier alpha value is -3.48. The van der Waals surface area contributed by atoms with Gasteiger partial charge in [-0.3, -0.25) is 38.6 Å². The summed E-state index contributed by atoms with van der Waals surface area (Å²) in [5, 5.41) is 25.4. The van der Waals surface area contributed by atoms with Crippen LogP contribution in [0.1, 0.15) is 42.1 Å². The Morgan fingerprint density at radius 2 is 1.78 bits per heavy atom. The van der Waals surface area contributed by atoms with Crippen LogP contribution in [0, 0.1) is 29.6 Å². The van der Waals surface area contributed by atoms with Crippen molar-refractivity contribution in [3.63, 3.8) is 0 Å². The molecule has 1 saturated heterocycles. The number of Topliss-reactive ketones (excluding diaryl/α,β-unsaturated/α-hetero) is 4. The molecule has 3 aliphatic carbocycles. The van der Waals surface area contributed by atoms with Crippen LogP contribution in [-0.2, 0) is 30.4 Å². The number of nitrogens with two attached hydrogens (primary N) is 1. The standard InChI is InChI=1S/C29H36N4O8/c1-13-6-8-33(9-7-13)12-18(34)31-17-5-4-14-10-15-11-16-22(32(2)3)25(37)21(28(30)40)27(39)29(16,41)26(38)20(15)24(36)19(14)23(17)35/h4-5,13,15-16,20-22,35,41H,6-12H2,1-3H3,(H2,30,40)(H,31,34)/t15?,16?,20?,21?,22-,29-/m0/s1. The Kier molecular flexibility index (Phi) is 7.37. The third kappa shape index (κ3) is 4.58. The molecule has 2 saturated carbocycles. The lowest BCUT2D eigenvalue weighted by molar-refractivity contribution is -0.181. The van der Waals surface area contributed by atoms with Crippen LogP contribution in [-0.4, -0.2) is 100 Å². The number of aliphatic hydroxyl groups is 1. The molecule has 0 spiro atoms. The van der Waals surface area contributed by atoms with Crippen LogP contribution in [0.2, 0.25) is 0 Å². The Morgan fingerprint density at radius 1 is 1.12 bits per heavy atom. The van der Waals surface area contributed by atoms with E-state index in [9.17, 15) is 39.0 Å². The first-order chi connectivity index (χ1) is 19.3. The first-order valence-electron chi connectivity index (χ1n) is 14.0. The summed E-state index contributed by atoms with van der Waals surface area (Å²) in [7, 11) is 3.07. The predicted octanol–water partition coefficient (Wildman–Crippen LogP) is -0.463. The number of benzene rings is 1. The number of piperidine rings is 1. The Bertz CT molecular complexity index is 1350. The second-order valence-electron chi connectivity index (χ2n) is 12.3. The number of hydrogen-bond acceptors (Lipinski definition) is 10. The highest BCUT2D eigenvalue weighted by Crippen LogP contribution is 2.51. The second-order valence-corrected chi connectivity index (χ2v) is 12.3. The van der Waals surface area contributed by atoms with Gasteiger partial charge in [0, 0.05) is 5.92 Å². The summed E-state index contributed by atoms with van der Waals surface area (Å²) in [6.07, 6.45) is 2.13. The summed E-state index contributed by atoms with van der Waals surface area (Å²) in [6, 6.07) is 1.97. The molecule has 4 unspecified atom stereocenters. The van der Waals surface area contributed by atoms with Crippen LogP contribution < -0.4 is 11.1 Å². The van der Waals surface area contributed by atoms with Crippen molar-refractivity contribution < 1.29 is 39.0 Å². The van der Waals surface area contributed by atoms with Gasteiger partial charge in [0.25, 0.3) is 0 Å². The van der Waals surface area contributed by atoms with E-state index in [1.54, 1.807) is 6.07 Å². The smallest absolute Gasteiger partial charge is 0.238 e. The first-order valence-corrected chi connectivity index (χ1v) is 14.0. The molecule has 12 heteroatoms. The third-order valence-electron chi connectivity index (χ3n) is 9.45. The fourth-order valence-electron chi connectivity index (χ4n) is 7.29. The Balaban J connectivity index is 1.45. The van der Waals surface area contributed by atoms with Crippen molar-refractivity contribution in [3.8, 4) is 5.75 Å². The van der Waals surface area contributed by atoms with E-state index in [1.807, 2.05) is 4.90 Å². The second kappa shape index (κ2) is 10.4. The number of ketones is 4. The zero-order valence-electron chi connectivity index (χ0n) is 23.4. The normalized spacial score (nSPS) is 32.4. The average Bonchev–Trinajstić information content (AvgIpc) is 2.89. The molecule has 0 aromatic heterocycles. The summed E-state index contributed by atoms with van der Waals surface area (Å²) in [5.74, 6) is -10.8. The third-order valence-corrected chi connectivity index (χ3v) is 9.45. The van der Waals surface area contributed by atoms with E-state index in [0.29, 0.717) is 11.5 Å². The molecule has 1 heterocycles. The average molecular weight is 569 g/mol. The van der Waals surface area contributed by atoms with E-state index in [-0.39, 0.29) is 36.5 Å². The van der Waals surface area contributed by atoms with Crippen molar-refractivity contribution in [1.82, 2.24) is 9.80 Å². The van der Waals surface area contributed by atoms with Crippen LogP contribution >= 0.6 is 0 Å². The molecule has 4 aliphatic rings. The van der Waals surface area contributed by atoms with Gasteiger partial charge in [0.15, 0.2) is 34.7 Å². The fraction of sp³-hybridized carbons (Fsp3) is 0.586. The summed E-state index contributed by atoms with van der Waals surface area (Å²) in [6.45, 7) is 3.87. The van der Waals surface area contributed by atoms with Crippen molar-refractivity contribution in [2.24, 2.45) is 35.3 Å². The number of likely N-dealkylation sites (N-methyl/N-ethyl adjacent to an activating group) is 1. The number of likely N-dealkylation sites (tertiary alicyclic amines) is 1. The summed E-state index contributed by atoms with van der Waals surface area (Å²) in [4.78, 5) is 82.4. The molecule has 1 aliphatic heterocycles. The highest BCUT2D eigenvalue weighted by molar-refractivity contribution is 6.32.